The van der Waals surface area contributed by atoms with Crippen LogP contribution in [-0.2, 0) is 18.4 Å². The number of rotatable bonds is 5. The fourth-order valence-electron chi connectivity index (χ4n) is 3.09. The highest BCUT2D eigenvalue weighted by molar-refractivity contribution is 5.78. The van der Waals surface area contributed by atoms with Crippen molar-refractivity contribution in [3.8, 4) is 0 Å². The van der Waals surface area contributed by atoms with Gasteiger partial charge in [0.05, 0.1) is 19.4 Å². The van der Waals surface area contributed by atoms with Crippen LogP contribution in [0.15, 0.2) is 18.7 Å². The number of likely N-dealkylation sites (N-methyl/N-ethyl adjacent to an activating group) is 1. The van der Waals surface area contributed by atoms with Crippen molar-refractivity contribution in [3.63, 3.8) is 0 Å². The van der Waals surface area contributed by atoms with E-state index in [0.29, 0.717) is 13.1 Å². The fraction of sp³-hybridized carbons (Fsp3) is 0.600. The van der Waals surface area contributed by atoms with Crippen molar-refractivity contribution in [1.29, 1.82) is 0 Å². The molecule has 124 valence electrons. The van der Waals surface area contributed by atoms with E-state index < -0.39 is 0 Å². The van der Waals surface area contributed by atoms with Gasteiger partial charge in [0.1, 0.15) is 5.82 Å². The van der Waals surface area contributed by atoms with Gasteiger partial charge in [-0.1, -0.05) is 0 Å². The van der Waals surface area contributed by atoms with Gasteiger partial charge in [-0.3, -0.25) is 4.79 Å². The van der Waals surface area contributed by atoms with E-state index in [2.05, 4.69) is 25.1 Å². The van der Waals surface area contributed by atoms with Crippen molar-refractivity contribution in [2.24, 2.45) is 7.05 Å². The molecule has 8 heteroatoms. The minimum absolute atomic E-state index is 0.151. The highest BCUT2D eigenvalue weighted by Gasteiger charge is 2.28. The van der Waals surface area contributed by atoms with Crippen molar-refractivity contribution in [3.05, 3.63) is 30.4 Å². The molecule has 0 unspecified atom stereocenters. The van der Waals surface area contributed by atoms with E-state index in [1.165, 1.54) is 0 Å². The fourth-order valence-corrected chi connectivity index (χ4v) is 3.09. The summed E-state index contributed by atoms with van der Waals surface area (Å²) in [7, 11) is 3.79. The summed E-state index contributed by atoms with van der Waals surface area (Å²) in [6.07, 6.45) is 7.48. The van der Waals surface area contributed by atoms with Crippen LogP contribution in [0.4, 0.5) is 0 Å². The molecule has 1 amide bonds. The Kier molecular flexibility index (Phi) is 4.71. The number of likely N-dealkylation sites (tertiary alicyclic amines) is 1. The molecule has 8 nitrogen and oxygen atoms in total. The maximum Gasteiger partial charge on any atom is 0.236 e. The third-order valence-electron chi connectivity index (χ3n) is 4.35. The molecule has 23 heavy (non-hydrogen) atoms. The molecule has 0 aromatic carbocycles. The standard InChI is InChI=1S/C15H23N7O/c1-16-8-14(23)22-6-3-4-12(9-22)15-19-18-13(20(15)2)10-21-7-5-17-11-21/h5,7,11-12,16H,3-4,6,8-10H2,1-2H3/t12-/m0/s1. The molecule has 3 heterocycles. The van der Waals surface area contributed by atoms with Crippen LogP contribution >= 0.6 is 0 Å². The maximum absolute atomic E-state index is 12.1. The number of amides is 1. The molecule has 1 aliphatic rings. The number of nitrogens with zero attached hydrogens (tertiary/aromatic N) is 6. The van der Waals surface area contributed by atoms with Crippen molar-refractivity contribution >= 4 is 5.91 Å². The van der Waals surface area contributed by atoms with Gasteiger partial charge in [-0.15, -0.1) is 10.2 Å². The minimum Gasteiger partial charge on any atom is -0.341 e. The van der Waals surface area contributed by atoms with Crippen LogP contribution in [0, 0.1) is 0 Å². The lowest BCUT2D eigenvalue weighted by molar-refractivity contribution is -0.131. The Morgan fingerprint density at radius 1 is 1.43 bits per heavy atom. The van der Waals surface area contributed by atoms with E-state index in [0.717, 1.165) is 37.6 Å². The van der Waals surface area contributed by atoms with Crippen molar-refractivity contribution in [1.82, 2.24) is 34.5 Å². The van der Waals surface area contributed by atoms with E-state index in [-0.39, 0.29) is 11.8 Å². The van der Waals surface area contributed by atoms with Gasteiger partial charge in [0.15, 0.2) is 5.82 Å². The lowest BCUT2D eigenvalue weighted by Crippen LogP contribution is -2.43. The zero-order valence-electron chi connectivity index (χ0n) is 13.6. The molecule has 1 saturated heterocycles. The van der Waals surface area contributed by atoms with E-state index in [1.807, 2.05) is 22.7 Å². The zero-order chi connectivity index (χ0) is 16.2. The summed E-state index contributed by atoms with van der Waals surface area (Å²) in [5.41, 5.74) is 0. The highest BCUT2D eigenvalue weighted by atomic mass is 16.2. The summed E-state index contributed by atoms with van der Waals surface area (Å²) in [5, 5.41) is 11.6. The molecular weight excluding hydrogens is 294 g/mol. The Morgan fingerprint density at radius 3 is 3.04 bits per heavy atom. The van der Waals surface area contributed by atoms with E-state index in [9.17, 15) is 4.79 Å². The van der Waals surface area contributed by atoms with Gasteiger partial charge >= 0.3 is 0 Å². The maximum atomic E-state index is 12.1. The summed E-state index contributed by atoms with van der Waals surface area (Å²) in [6.45, 7) is 2.59. The molecular formula is C15H23N7O. The van der Waals surface area contributed by atoms with Gasteiger partial charge in [-0.05, 0) is 19.9 Å². The van der Waals surface area contributed by atoms with E-state index in [4.69, 9.17) is 0 Å². The van der Waals surface area contributed by atoms with Gasteiger partial charge in [-0.25, -0.2) is 4.98 Å². The molecule has 0 radical (unpaired) electrons. The van der Waals surface area contributed by atoms with Gasteiger partial charge in [0, 0.05) is 38.4 Å². The second-order valence-electron chi connectivity index (χ2n) is 5.98. The molecule has 0 bridgehead atoms. The minimum atomic E-state index is 0.151. The predicted octanol–water partition coefficient (Wildman–Crippen LogP) is -0.0147. The lowest BCUT2D eigenvalue weighted by Gasteiger charge is -2.32. The molecule has 1 N–H and O–H groups in total. The Balaban J connectivity index is 1.71. The number of carbonyl (C=O) groups excluding carboxylic acids is 1. The molecule has 0 aliphatic carbocycles. The van der Waals surface area contributed by atoms with Crippen LogP contribution in [-0.4, -0.2) is 61.8 Å². The first-order valence-electron chi connectivity index (χ1n) is 7.95. The van der Waals surface area contributed by atoms with Crippen LogP contribution in [0.1, 0.15) is 30.4 Å². The van der Waals surface area contributed by atoms with E-state index in [1.54, 1.807) is 19.6 Å². The quantitative estimate of drug-likeness (QED) is 0.838. The van der Waals surface area contributed by atoms with E-state index >= 15 is 0 Å². The van der Waals surface area contributed by atoms with Gasteiger partial charge in [-0.2, -0.15) is 0 Å². The average Bonchev–Trinajstić information content (AvgIpc) is 3.19. The number of nitrogens with one attached hydrogen (secondary N) is 1. The first kappa shape index (κ1) is 15.7. The summed E-state index contributed by atoms with van der Waals surface area (Å²) in [5.74, 6) is 2.26. The van der Waals surface area contributed by atoms with Crippen molar-refractivity contribution in [2.75, 3.05) is 26.7 Å². The Labute approximate surface area is 135 Å². The highest BCUT2D eigenvalue weighted by Crippen LogP contribution is 2.25. The summed E-state index contributed by atoms with van der Waals surface area (Å²) in [4.78, 5) is 18.1. The second kappa shape index (κ2) is 6.91. The van der Waals surface area contributed by atoms with Crippen LogP contribution in [0.2, 0.25) is 0 Å². The smallest absolute Gasteiger partial charge is 0.236 e. The topological polar surface area (TPSA) is 80.9 Å². The Bertz CT molecular complexity index is 649. The van der Waals surface area contributed by atoms with Crippen LogP contribution in [0.25, 0.3) is 0 Å². The molecule has 0 saturated carbocycles. The normalized spacial score (nSPS) is 18.3. The molecule has 2 aromatic rings. The Hall–Kier alpha value is -2.22. The lowest BCUT2D eigenvalue weighted by atomic mass is 9.97. The molecule has 2 aromatic heterocycles. The number of carbonyl (C=O) groups is 1. The third-order valence-corrected chi connectivity index (χ3v) is 4.35. The summed E-state index contributed by atoms with van der Waals surface area (Å²) in [6, 6.07) is 0. The number of hydrogen-bond donors (Lipinski definition) is 1. The number of piperidine rings is 1. The number of aromatic nitrogens is 5. The van der Waals surface area contributed by atoms with Gasteiger partial charge in [0.25, 0.3) is 0 Å². The van der Waals surface area contributed by atoms with Crippen LogP contribution in [0.5, 0.6) is 0 Å². The molecule has 1 aliphatic heterocycles. The monoisotopic (exact) mass is 317 g/mol. The SMILES string of the molecule is CNCC(=O)N1CCC[C@H](c2nnc(Cn3ccnc3)n2C)C1. The first-order valence-corrected chi connectivity index (χ1v) is 7.95. The zero-order valence-corrected chi connectivity index (χ0v) is 13.6. The molecule has 0 spiro atoms. The number of imidazole rings is 1. The number of hydrogen-bond acceptors (Lipinski definition) is 5. The summed E-state index contributed by atoms with van der Waals surface area (Å²) < 4.78 is 4.02. The summed E-state index contributed by atoms with van der Waals surface area (Å²) >= 11 is 0. The molecule has 1 atom stereocenters. The third kappa shape index (κ3) is 3.42. The molecule has 3 rings (SSSR count). The first-order chi connectivity index (χ1) is 11.2. The second-order valence-corrected chi connectivity index (χ2v) is 5.98. The largest absolute Gasteiger partial charge is 0.341 e. The van der Waals surface area contributed by atoms with Crippen molar-refractivity contribution in [2.45, 2.75) is 25.3 Å². The van der Waals surface area contributed by atoms with Crippen LogP contribution in [0.3, 0.4) is 0 Å². The Morgan fingerprint density at radius 2 is 2.30 bits per heavy atom. The van der Waals surface area contributed by atoms with Crippen molar-refractivity contribution < 1.29 is 4.79 Å². The van der Waals surface area contributed by atoms with Gasteiger partial charge in [0.2, 0.25) is 5.91 Å². The van der Waals surface area contributed by atoms with Gasteiger partial charge < -0.3 is 19.4 Å². The predicted molar refractivity (Wildman–Crippen MR) is 84.8 cm³/mol. The molecule has 1 fully saturated rings. The van der Waals surface area contributed by atoms with Crippen LogP contribution < -0.4 is 5.32 Å². The average molecular weight is 317 g/mol.